The molecule has 0 atom stereocenters. The van der Waals surface area contributed by atoms with Gasteiger partial charge in [-0.3, -0.25) is 9.10 Å². The predicted molar refractivity (Wildman–Crippen MR) is 109 cm³/mol. The highest BCUT2D eigenvalue weighted by Crippen LogP contribution is 2.23. The molecule has 2 aromatic carbocycles. The number of amides is 1. The molecule has 0 saturated heterocycles. The summed E-state index contributed by atoms with van der Waals surface area (Å²) in [6.07, 6.45) is 1.04. The summed E-state index contributed by atoms with van der Waals surface area (Å²) >= 11 is 6.08. The van der Waals surface area contributed by atoms with E-state index >= 15 is 0 Å². The summed E-state index contributed by atoms with van der Waals surface area (Å²) in [4.78, 5) is 24.2. The molecule has 28 heavy (non-hydrogen) atoms. The maximum absolute atomic E-state index is 12.4. The molecule has 1 amide bonds. The van der Waals surface area contributed by atoms with E-state index in [1.807, 2.05) is 13.0 Å². The van der Waals surface area contributed by atoms with E-state index in [9.17, 15) is 18.0 Å². The molecule has 7 nitrogen and oxygen atoms in total. The Balaban J connectivity index is 2.17. The Morgan fingerprint density at radius 1 is 1.18 bits per heavy atom. The molecule has 0 aliphatic carbocycles. The lowest BCUT2D eigenvalue weighted by Gasteiger charge is -2.22. The SMILES string of the molecule is CCOC(=O)c1ccc(NC(=O)CN(c2cccc(C)c2)S(C)(=O)=O)cc1Cl. The van der Waals surface area contributed by atoms with Crippen LogP contribution in [0.4, 0.5) is 11.4 Å². The Morgan fingerprint density at radius 3 is 2.46 bits per heavy atom. The number of benzene rings is 2. The highest BCUT2D eigenvalue weighted by Gasteiger charge is 2.21. The van der Waals surface area contributed by atoms with Crippen molar-refractivity contribution in [1.82, 2.24) is 0 Å². The molecule has 1 N–H and O–H groups in total. The van der Waals surface area contributed by atoms with E-state index in [1.54, 1.807) is 25.1 Å². The van der Waals surface area contributed by atoms with Gasteiger partial charge in [0.15, 0.2) is 0 Å². The molecule has 2 rings (SSSR count). The quantitative estimate of drug-likeness (QED) is 0.689. The molecule has 0 spiro atoms. The van der Waals surface area contributed by atoms with Crippen LogP contribution in [0, 0.1) is 6.92 Å². The van der Waals surface area contributed by atoms with Crippen molar-refractivity contribution in [1.29, 1.82) is 0 Å². The van der Waals surface area contributed by atoms with E-state index in [1.165, 1.54) is 18.2 Å². The maximum Gasteiger partial charge on any atom is 0.339 e. The standard InChI is InChI=1S/C19H21ClN2O5S/c1-4-27-19(24)16-9-8-14(11-17(16)20)21-18(23)12-22(28(3,25)26)15-7-5-6-13(2)10-15/h5-11H,4,12H2,1-3H3,(H,21,23). The first-order chi connectivity index (χ1) is 13.1. The number of hydrogen-bond donors (Lipinski definition) is 1. The van der Waals surface area contributed by atoms with E-state index in [0.717, 1.165) is 16.1 Å². The van der Waals surface area contributed by atoms with Gasteiger partial charge in [-0.1, -0.05) is 23.7 Å². The van der Waals surface area contributed by atoms with Gasteiger partial charge in [-0.25, -0.2) is 13.2 Å². The van der Waals surface area contributed by atoms with Gasteiger partial charge in [0.1, 0.15) is 6.54 Å². The molecule has 0 aliphatic rings. The third-order valence-electron chi connectivity index (χ3n) is 3.73. The molecule has 0 heterocycles. The van der Waals surface area contributed by atoms with Gasteiger partial charge in [-0.2, -0.15) is 0 Å². The van der Waals surface area contributed by atoms with Crippen LogP contribution in [-0.4, -0.2) is 39.7 Å². The fraction of sp³-hybridized carbons (Fsp3) is 0.263. The van der Waals surface area contributed by atoms with E-state index in [4.69, 9.17) is 16.3 Å². The number of sulfonamides is 1. The number of carbonyl (C=O) groups excluding carboxylic acids is 2. The number of nitrogens with zero attached hydrogens (tertiary/aromatic N) is 1. The largest absolute Gasteiger partial charge is 0.462 e. The van der Waals surface area contributed by atoms with Crippen LogP contribution < -0.4 is 9.62 Å². The van der Waals surface area contributed by atoms with Gasteiger partial charge in [0.25, 0.3) is 0 Å². The molecule has 0 aromatic heterocycles. The number of nitrogens with one attached hydrogen (secondary N) is 1. The minimum Gasteiger partial charge on any atom is -0.462 e. The lowest BCUT2D eigenvalue weighted by atomic mass is 10.2. The maximum atomic E-state index is 12.4. The van der Waals surface area contributed by atoms with Gasteiger partial charge in [-0.05, 0) is 49.7 Å². The summed E-state index contributed by atoms with van der Waals surface area (Å²) in [6.45, 7) is 3.33. The normalized spacial score (nSPS) is 11.0. The van der Waals surface area contributed by atoms with E-state index in [-0.39, 0.29) is 17.2 Å². The van der Waals surface area contributed by atoms with Crippen LogP contribution in [-0.2, 0) is 19.6 Å². The van der Waals surface area contributed by atoms with Gasteiger partial charge in [-0.15, -0.1) is 0 Å². The van der Waals surface area contributed by atoms with E-state index in [0.29, 0.717) is 11.4 Å². The fourth-order valence-corrected chi connectivity index (χ4v) is 3.59. The number of esters is 1. The van der Waals surface area contributed by atoms with Crippen molar-refractivity contribution >= 4 is 44.9 Å². The van der Waals surface area contributed by atoms with Gasteiger partial charge in [0.2, 0.25) is 15.9 Å². The summed E-state index contributed by atoms with van der Waals surface area (Å²) in [7, 11) is -3.67. The van der Waals surface area contributed by atoms with Crippen LogP contribution in [0.15, 0.2) is 42.5 Å². The molecule has 150 valence electrons. The fourth-order valence-electron chi connectivity index (χ4n) is 2.48. The van der Waals surface area contributed by atoms with Crippen LogP contribution in [0.1, 0.15) is 22.8 Å². The smallest absolute Gasteiger partial charge is 0.339 e. The highest BCUT2D eigenvalue weighted by atomic mass is 35.5. The molecule has 0 aliphatic heterocycles. The first-order valence-electron chi connectivity index (χ1n) is 8.42. The third kappa shape index (κ3) is 5.71. The highest BCUT2D eigenvalue weighted by molar-refractivity contribution is 7.92. The van der Waals surface area contributed by atoms with Crippen molar-refractivity contribution in [2.45, 2.75) is 13.8 Å². The molecule has 2 aromatic rings. The van der Waals surface area contributed by atoms with Crippen LogP contribution in [0.25, 0.3) is 0 Å². The molecular weight excluding hydrogens is 404 g/mol. The molecule has 0 saturated carbocycles. The molecule has 9 heteroatoms. The Kier molecular flexibility index (Phi) is 7.04. The Bertz CT molecular complexity index is 992. The number of hydrogen-bond acceptors (Lipinski definition) is 5. The van der Waals surface area contributed by atoms with Gasteiger partial charge in [0.05, 0.1) is 29.1 Å². The molecular formula is C19H21ClN2O5S. The lowest BCUT2D eigenvalue weighted by molar-refractivity contribution is -0.114. The second-order valence-electron chi connectivity index (χ2n) is 6.07. The minimum atomic E-state index is -3.67. The Morgan fingerprint density at radius 2 is 1.89 bits per heavy atom. The second kappa shape index (κ2) is 9.07. The zero-order chi connectivity index (χ0) is 20.9. The summed E-state index contributed by atoms with van der Waals surface area (Å²) in [5, 5.41) is 2.71. The molecule has 0 unspecified atom stereocenters. The summed E-state index contributed by atoms with van der Waals surface area (Å²) in [5.74, 6) is -1.11. The van der Waals surface area contributed by atoms with Crippen LogP contribution in [0.2, 0.25) is 5.02 Å². The Labute approximate surface area is 169 Å². The summed E-state index contributed by atoms with van der Waals surface area (Å²) in [5.41, 5.74) is 1.78. The van der Waals surface area contributed by atoms with Crippen molar-refractivity contribution in [3.8, 4) is 0 Å². The number of anilines is 2. The van der Waals surface area contributed by atoms with Crippen molar-refractivity contribution in [2.24, 2.45) is 0 Å². The zero-order valence-corrected chi connectivity index (χ0v) is 17.3. The summed E-state index contributed by atoms with van der Waals surface area (Å²) in [6, 6.07) is 11.2. The first kappa shape index (κ1) is 21.7. The second-order valence-corrected chi connectivity index (χ2v) is 8.39. The molecule has 0 fully saturated rings. The van der Waals surface area contributed by atoms with Crippen LogP contribution >= 0.6 is 11.6 Å². The number of aryl methyl sites for hydroxylation is 1. The monoisotopic (exact) mass is 424 g/mol. The topological polar surface area (TPSA) is 92.8 Å². The number of ether oxygens (including phenoxy) is 1. The van der Waals surface area contributed by atoms with Gasteiger partial charge in [0, 0.05) is 5.69 Å². The lowest BCUT2D eigenvalue weighted by Crippen LogP contribution is -2.37. The molecule has 0 radical (unpaired) electrons. The van der Waals surface area contributed by atoms with Crippen molar-refractivity contribution < 1.29 is 22.7 Å². The average molecular weight is 425 g/mol. The molecule has 0 bridgehead atoms. The first-order valence-corrected chi connectivity index (χ1v) is 10.7. The van der Waals surface area contributed by atoms with E-state index < -0.39 is 28.4 Å². The van der Waals surface area contributed by atoms with Gasteiger partial charge < -0.3 is 10.1 Å². The average Bonchev–Trinajstić information content (AvgIpc) is 2.59. The van der Waals surface area contributed by atoms with Crippen LogP contribution in [0.3, 0.4) is 0 Å². The van der Waals surface area contributed by atoms with E-state index in [2.05, 4.69) is 5.32 Å². The number of carbonyl (C=O) groups is 2. The van der Waals surface area contributed by atoms with Crippen molar-refractivity contribution in [2.75, 3.05) is 29.0 Å². The van der Waals surface area contributed by atoms with Crippen molar-refractivity contribution in [3.05, 3.63) is 58.6 Å². The summed E-state index contributed by atoms with van der Waals surface area (Å²) < 4.78 is 30.2. The zero-order valence-electron chi connectivity index (χ0n) is 15.7. The van der Waals surface area contributed by atoms with Gasteiger partial charge >= 0.3 is 5.97 Å². The third-order valence-corrected chi connectivity index (χ3v) is 5.18. The van der Waals surface area contributed by atoms with Crippen LogP contribution in [0.5, 0.6) is 0 Å². The van der Waals surface area contributed by atoms with Crippen molar-refractivity contribution in [3.63, 3.8) is 0 Å². The minimum absolute atomic E-state index is 0.120. The number of halogens is 1. The Hall–Kier alpha value is -2.58. The predicted octanol–water partition coefficient (Wildman–Crippen LogP) is 3.23. The number of rotatable bonds is 7.